The fraction of sp³-hybridized carbons (Fsp3) is 0.571. The summed E-state index contributed by atoms with van der Waals surface area (Å²) in [6.07, 6.45) is 1.64. The van der Waals surface area contributed by atoms with Gasteiger partial charge < -0.3 is 15.4 Å². The monoisotopic (exact) mass is 288 g/mol. The van der Waals surface area contributed by atoms with Crippen molar-refractivity contribution in [3.8, 4) is 0 Å². The van der Waals surface area contributed by atoms with Crippen molar-refractivity contribution >= 4 is 18.1 Å². The van der Waals surface area contributed by atoms with E-state index in [0.717, 1.165) is 31.5 Å². The lowest BCUT2D eigenvalue weighted by Crippen LogP contribution is -2.36. The molecule has 1 fully saturated rings. The third-order valence-electron chi connectivity index (χ3n) is 3.39. The van der Waals surface area contributed by atoms with Crippen molar-refractivity contribution in [2.75, 3.05) is 31.2 Å². The number of morpholine rings is 1. The standard InChI is InChI=1S/C14H21FN2O.ClH/c1-2-12(16)9-11-3-4-14(13(15)10-11)17-5-7-18-8-6-17;/h3-4,10,12H,2,5-9,16H2,1H3;1H. The van der Waals surface area contributed by atoms with Gasteiger partial charge in [-0.25, -0.2) is 4.39 Å². The molecule has 108 valence electrons. The molecule has 1 aromatic carbocycles. The van der Waals surface area contributed by atoms with Crippen LogP contribution in [0.3, 0.4) is 0 Å². The molecule has 3 nitrogen and oxygen atoms in total. The molecular weight excluding hydrogens is 267 g/mol. The summed E-state index contributed by atoms with van der Waals surface area (Å²) in [6, 6.07) is 5.56. The van der Waals surface area contributed by atoms with Gasteiger partial charge in [0.1, 0.15) is 5.82 Å². The van der Waals surface area contributed by atoms with Gasteiger partial charge in [0.05, 0.1) is 18.9 Å². The number of nitrogens with two attached hydrogens (primary N) is 1. The van der Waals surface area contributed by atoms with Gasteiger partial charge in [0.2, 0.25) is 0 Å². The molecule has 2 N–H and O–H groups in total. The Morgan fingerprint density at radius 3 is 2.63 bits per heavy atom. The Balaban J connectivity index is 0.00000180. The third-order valence-corrected chi connectivity index (χ3v) is 3.39. The minimum atomic E-state index is -0.155. The van der Waals surface area contributed by atoms with Crippen LogP contribution in [0.5, 0.6) is 0 Å². The van der Waals surface area contributed by atoms with Crippen molar-refractivity contribution in [2.24, 2.45) is 5.73 Å². The summed E-state index contributed by atoms with van der Waals surface area (Å²) in [5, 5.41) is 0. The summed E-state index contributed by atoms with van der Waals surface area (Å²) in [4.78, 5) is 2.03. The van der Waals surface area contributed by atoms with E-state index in [2.05, 4.69) is 0 Å². The van der Waals surface area contributed by atoms with E-state index in [9.17, 15) is 4.39 Å². The SMILES string of the molecule is CCC(N)Cc1ccc(N2CCOCC2)c(F)c1.Cl. The fourth-order valence-corrected chi connectivity index (χ4v) is 2.19. The number of halogens is 2. The minimum absolute atomic E-state index is 0. The van der Waals surface area contributed by atoms with Crippen LogP contribution in [-0.4, -0.2) is 32.3 Å². The molecular formula is C14H22ClFN2O. The molecule has 1 aliphatic rings. The van der Waals surface area contributed by atoms with Crippen molar-refractivity contribution in [3.63, 3.8) is 0 Å². The highest BCUT2D eigenvalue weighted by molar-refractivity contribution is 5.85. The first-order chi connectivity index (χ1) is 8.70. The number of nitrogens with zero attached hydrogens (tertiary/aromatic N) is 1. The Kier molecular flexibility index (Phi) is 6.55. The minimum Gasteiger partial charge on any atom is -0.378 e. The van der Waals surface area contributed by atoms with Crippen LogP contribution in [0.15, 0.2) is 18.2 Å². The van der Waals surface area contributed by atoms with E-state index < -0.39 is 0 Å². The van der Waals surface area contributed by atoms with Gasteiger partial charge >= 0.3 is 0 Å². The van der Waals surface area contributed by atoms with E-state index in [-0.39, 0.29) is 24.3 Å². The van der Waals surface area contributed by atoms with Gasteiger partial charge in [-0.15, -0.1) is 12.4 Å². The third kappa shape index (κ3) is 4.34. The van der Waals surface area contributed by atoms with Crippen LogP contribution in [0.1, 0.15) is 18.9 Å². The van der Waals surface area contributed by atoms with Gasteiger partial charge in [-0.3, -0.25) is 0 Å². The van der Waals surface area contributed by atoms with Crippen LogP contribution < -0.4 is 10.6 Å². The van der Waals surface area contributed by atoms with E-state index in [0.29, 0.717) is 18.9 Å². The molecule has 0 aromatic heterocycles. The summed E-state index contributed by atoms with van der Waals surface area (Å²) in [7, 11) is 0. The van der Waals surface area contributed by atoms with Crippen LogP contribution in [0, 0.1) is 5.82 Å². The molecule has 0 spiro atoms. The number of rotatable bonds is 4. The first-order valence-corrected chi connectivity index (χ1v) is 6.57. The summed E-state index contributed by atoms with van der Waals surface area (Å²) in [6.45, 7) is 4.89. The highest BCUT2D eigenvalue weighted by Crippen LogP contribution is 2.22. The molecule has 0 bridgehead atoms. The van der Waals surface area contributed by atoms with Crippen molar-refractivity contribution < 1.29 is 9.13 Å². The van der Waals surface area contributed by atoms with E-state index in [1.165, 1.54) is 0 Å². The number of hydrogen-bond acceptors (Lipinski definition) is 3. The Hall–Kier alpha value is -0.840. The van der Waals surface area contributed by atoms with Crippen LogP contribution in [0.4, 0.5) is 10.1 Å². The Morgan fingerprint density at radius 2 is 2.05 bits per heavy atom. The zero-order valence-electron chi connectivity index (χ0n) is 11.3. The summed E-state index contributed by atoms with van der Waals surface area (Å²) in [5.74, 6) is -0.155. The van der Waals surface area contributed by atoms with Crippen molar-refractivity contribution in [2.45, 2.75) is 25.8 Å². The van der Waals surface area contributed by atoms with E-state index >= 15 is 0 Å². The second-order valence-electron chi connectivity index (χ2n) is 4.76. The van der Waals surface area contributed by atoms with Crippen LogP contribution in [-0.2, 0) is 11.2 Å². The highest BCUT2D eigenvalue weighted by atomic mass is 35.5. The summed E-state index contributed by atoms with van der Waals surface area (Å²) >= 11 is 0. The lowest BCUT2D eigenvalue weighted by molar-refractivity contribution is 0.122. The molecule has 19 heavy (non-hydrogen) atoms. The van der Waals surface area contributed by atoms with E-state index in [4.69, 9.17) is 10.5 Å². The second kappa shape index (κ2) is 7.68. The first kappa shape index (κ1) is 16.2. The molecule has 1 heterocycles. The van der Waals surface area contributed by atoms with Gasteiger partial charge in [0.25, 0.3) is 0 Å². The molecule has 0 aliphatic carbocycles. The first-order valence-electron chi connectivity index (χ1n) is 6.57. The molecule has 0 amide bonds. The second-order valence-corrected chi connectivity index (χ2v) is 4.76. The molecule has 0 radical (unpaired) electrons. The average molecular weight is 289 g/mol. The zero-order valence-corrected chi connectivity index (χ0v) is 12.1. The predicted molar refractivity (Wildman–Crippen MR) is 78.7 cm³/mol. The molecule has 0 saturated carbocycles. The predicted octanol–water partition coefficient (Wildman–Crippen LogP) is 2.36. The largest absolute Gasteiger partial charge is 0.378 e. The number of hydrogen-bond donors (Lipinski definition) is 1. The molecule has 2 rings (SSSR count). The van der Waals surface area contributed by atoms with Gasteiger partial charge in [-0.2, -0.15) is 0 Å². The highest BCUT2D eigenvalue weighted by Gasteiger charge is 2.15. The van der Waals surface area contributed by atoms with Crippen LogP contribution in [0.25, 0.3) is 0 Å². The Bertz CT molecular complexity index is 397. The average Bonchev–Trinajstić information content (AvgIpc) is 2.40. The molecule has 1 saturated heterocycles. The van der Waals surface area contributed by atoms with Gasteiger partial charge in [-0.05, 0) is 30.5 Å². The van der Waals surface area contributed by atoms with Gasteiger partial charge in [0, 0.05) is 19.1 Å². The van der Waals surface area contributed by atoms with Crippen LogP contribution in [0.2, 0.25) is 0 Å². The van der Waals surface area contributed by atoms with Gasteiger partial charge in [0.15, 0.2) is 0 Å². The quantitative estimate of drug-likeness (QED) is 0.924. The zero-order chi connectivity index (χ0) is 13.0. The van der Waals surface area contributed by atoms with E-state index in [1.54, 1.807) is 6.07 Å². The number of ether oxygens (including phenoxy) is 1. The topological polar surface area (TPSA) is 38.5 Å². The fourth-order valence-electron chi connectivity index (χ4n) is 2.19. The maximum atomic E-state index is 14.1. The lowest BCUT2D eigenvalue weighted by Gasteiger charge is -2.29. The van der Waals surface area contributed by atoms with Gasteiger partial charge in [-0.1, -0.05) is 13.0 Å². The van der Waals surface area contributed by atoms with Crippen molar-refractivity contribution in [3.05, 3.63) is 29.6 Å². The number of benzene rings is 1. The number of anilines is 1. The van der Waals surface area contributed by atoms with Crippen LogP contribution >= 0.6 is 12.4 Å². The normalized spacial score (nSPS) is 16.9. The Morgan fingerprint density at radius 1 is 1.37 bits per heavy atom. The molecule has 1 aliphatic heterocycles. The Labute approximate surface area is 120 Å². The van der Waals surface area contributed by atoms with E-state index in [1.807, 2.05) is 24.0 Å². The maximum Gasteiger partial charge on any atom is 0.146 e. The van der Waals surface area contributed by atoms with Crippen molar-refractivity contribution in [1.82, 2.24) is 0 Å². The molecule has 5 heteroatoms. The summed E-state index contributed by atoms with van der Waals surface area (Å²) < 4.78 is 19.3. The maximum absolute atomic E-state index is 14.1. The molecule has 1 aromatic rings. The summed E-state index contributed by atoms with van der Waals surface area (Å²) in [5.41, 5.74) is 7.53. The molecule has 1 unspecified atom stereocenters. The van der Waals surface area contributed by atoms with Crippen molar-refractivity contribution in [1.29, 1.82) is 0 Å². The smallest absolute Gasteiger partial charge is 0.146 e. The molecule has 1 atom stereocenters. The lowest BCUT2D eigenvalue weighted by atomic mass is 10.0.